The van der Waals surface area contributed by atoms with Crippen LogP contribution in [0.15, 0.2) is 24.3 Å². The smallest absolute Gasteiger partial charge is 0.0146 e. The van der Waals surface area contributed by atoms with Crippen LogP contribution in [0.3, 0.4) is 0 Å². The average molecular weight is 238 g/mol. The van der Waals surface area contributed by atoms with Crippen LogP contribution in [0.1, 0.15) is 53.9 Å². The Kier molecular flexibility index (Phi) is 2.89. The fourth-order valence-corrected chi connectivity index (χ4v) is 3.39. The molecule has 0 spiro atoms. The summed E-state index contributed by atoms with van der Waals surface area (Å²) in [6.45, 7) is 6.67. The topological polar surface area (TPSA) is 0 Å². The highest BCUT2D eigenvalue weighted by Crippen LogP contribution is 2.38. The second-order valence-corrected chi connectivity index (χ2v) is 5.99. The summed E-state index contributed by atoms with van der Waals surface area (Å²) >= 11 is 0. The molecule has 0 heteroatoms. The fourth-order valence-electron chi connectivity index (χ4n) is 3.39. The molecule has 0 aromatic heterocycles. The van der Waals surface area contributed by atoms with Crippen molar-refractivity contribution in [2.75, 3.05) is 0 Å². The summed E-state index contributed by atoms with van der Waals surface area (Å²) in [5.74, 6) is 0.800. The maximum absolute atomic E-state index is 2.42. The molecule has 0 amide bonds. The van der Waals surface area contributed by atoms with Crippen molar-refractivity contribution in [3.63, 3.8) is 0 Å². The van der Waals surface area contributed by atoms with Gasteiger partial charge in [-0.25, -0.2) is 0 Å². The molecule has 0 saturated heterocycles. The monoisotopic (exact) mass is 238 g/mol. The van der Waals surface area contributed by atoms with Crippen LogP contribution in [-0.2, 0) is 0 Å². The van der Waals surface area contributed by atoms with Crippen LogP contribution in [0.2, 0.25) is 0 Å². The minimum atomic E-state index is 0.800. The zero-order chi connectivity index (χ0) is 12.7. The first kappa shape index (κ1) is 11.8. The Hall–Kier alpha value is -1.30. The summed E-state index contributed by atoms with van der Waals surface area (Å²) in [5.41, 5.74) is 5.84. The second kappa shape index (κ2) is 4.42. The van der Waals surface area contributed by atoms with Crippen LogP contribution < -0.4 is 0 Å². The lowest BCUT2D eigenvalue weighted by Crippen LogP contribution is -1.96. The molecular formula is C18H22. The quantitative estimate of drug-likeness (QED) is 0.622. The molecule has 2 aromatic rings. The van der Waals surface area contributed by atoms with E-state index in [0.29, 0.717) is 0 Å². The summed E-state index contributed by atoms with van der Waals surface area (Å²) in [6.07, 6.45) is 5.58. The first-order valence-electron chi connectivity index (χ1n) is 7.16. The molecule has 0 unspecified atom stereocenters. The van der Waals surface area contributed by atoms with Gasteiger partial charge in [0.2, 0.25) is 0 Å². The highest BCUT2D eigenvalue weighted by atomic mass is 14.2. The highest BCUT2D eigenvalue weighted by molar-refractivity contribution is 5.88. The molecule has 1 aliphatic rings. The van der Waals surface area contributed by atoms with Crippen molar-refractivity contribution in [3.8, 4) is 0 Å². The molecule has 0 N–H and O–H groups in total. The van der Waals surface area contributed by atoms with E-state index in [4.69, 9.17) is 0 Å². The molecule has 1 aliphatic carbocycles. The number of benzene rings is 2. The molecule has 2 aromatic carbocycles. The van der Waals surface area contributed by atoms with Gasteiger partial charge < -0.3 is 0 Å². The molecular weight excluding hydrogens is 216 g/mol. The van der Waals surface area contributed by atoms with Crippen LogP contribution in [0.25, 0.3) is 10.8 Å². The summed E-state index contributed by atoms with van der Waals surface area (Å²) in [6, 6.07) is 9.52. The standard InChI is InChI=1S/C18H22/c1-12-8-16-10-13(2)14(3)11-18(16)17(9-12)15-6-4-5-7-15/h8-11,15H,4-7H2,1-3H3. The SMILES string of the molecule is Cc1cc(C2CCCC2)c2cc(C)c(C)cc2c1. The minimum Gasteiger partial charge on any atom is -0.0552 e. The van der Waals surface area contributed by atoms with E-state index in [0.717, 1.165) is 5.92 Å². The summed E-state index contributed by atoms with van der Waals surface area (Å²) in [5, 5.41) is 2.93. The minimum absolute atomic E-state index is 0.800. The van der Waals surface area contributed by atoms with E-state index in [1.165, 1.54) is 53.1 Å². The zero-order valence-corrected chi connectivity index (χ0v) is 11.7. The largest absolute Gasteiger partial charge is 0.0552 e. The average Bonchev–Trinajstić information content (AvgIpc) is 2.84. The number of hydrogen-bond donors (Lipinski definition) is 0. The maximum Gasteiger partial charge on any atom is -0.0146 e. The van der Waals surface area contributed by atoms with Gasteiger partial charge in [0.1, 0.15) is 0 Å². The molecule has 3 rings (SSSR count). The van der Waals surface area contributed by atoms with E-state index in [-0.39, 0.29) is 0 Å². The van der Waals surface area contributed by atoms with E-state index in [9.17, 15) is 0 Å². The van der Waals surface area contributed by atoms with Crippen molar-refractivity contribution >= 4 is 10.8 Å². The van der Waals surface area contributed by atoms with Gasteiger partial charge in [-0.3, -0.25) is 0 Å². The van der Waals surface area contributed by atoms with Crippen molar-refractivity contribution in [1.82, 2.24) is 0 Å². The molecule has 0 heterocycles. The third kappa shape index (κ3) is 1.94. The summed E-state index contributed by atoms with van der Waals surface area (Å²) in [7, 11) is 0. The Morgan fingerprint density at radius 1 is 0.833 bits per heavy atom. The number of aryl methyl sites for hydroxylation is 3. The van der Waals surface area contributed by atoms with Gasteiger partial charge in [-0.15, -0.1) is 0 Å². The van der Waals surface area contributed by atoms with E-state index in [1.807, 2.05) is 0 Å². The van der Waals surface area contributed by atoms with Gasteiger partial charge in [0, 0.05) is 0 Å². The molecule has 0 nitrogen and oxygen atoms in total. The second-order valence-electron chi connectivity index (χ2n) is 5.99. The van der Waals surface area contributed by atoms with Crippen LogP contribution >= 0.6 is 0 Å². The molecule has 0 radical (unpaired) electrons. The van der Waals surface area contributed by atoms with E-state index < -0.39 is 0 Å². The molecule has 0 aliphatic heterocycles. The lowest BCUT2D eigenvalue weighted by Gasteiger charge is -2.16. The van der Waals surface area contributed by atoms with Crippen molar-refractivity contribution in [2.24, 2.45) is 0 Å². The van der Waals surface area contributed by atoms with Gasteiger partial charge in [0.25, 0.3) is 0 Å². The predicted octanol–water partition coefficient (Wildman–Crippen LogP) is 5.42. The van der Waals surface area contributed by atoms with E-state index >= 15 is 0 Å². The Morgan fingerprint density at radius 3 is 2.22 bits per heavy atom. The maximum atomic E-state index is 2.42. The van der Waals surface area contributed by atoms with Gasteiger partial charge in [0.15, 0.2) is 0 Å². The van der Waals surface area contributed by atoms with Gasteiger partial charge >= 0.3 is 0 Å². The predicted molar refractivity (Wildman–Crippen MR) is 79.4 cm³/mol. The Balaban J connectivity index is 2.25. The molecule has 1 fully saturated rings. The van der Waals surface area contributed by atoms with Crippen LogP contribution in [-0.4, -0.2) is 0 Å². The third-order valence-electron chi connectivity index (χ3n) is 4.54. The van der Waals surface area contributed by atoms with Crippen LogP contribution in [0.4, 0.5) is 0 Å². The lowest BCUT2D eigenvalue weighted by molar-refractivity contribution is 0.729. The number of hydrogen-bond acceptors (Lipinski definition) is 0. The van der Waals surface area contributed by atoms with Crippen molar-refractivity contribution in [2.45, 2.75) is 52.4 Å². The Labute approximate surface area is 110 Å². The van der Waals surface area contributed by atoms with Gasteiger partial charge in [0.05, 0.1) is 0 Å². The van der Waals surface area contributed by atoms with Crippen LogP contribution in [0.5, 0.6) is 0 Å². The number of fused-ring (bicyclic) bond motifs is 1. The van der Waals surface area contributed by atoms with Gasteiger partial charge in [-0.1, -0.05) is 42.7 Å². The van der Waals surface area contributed by atoms with Crippen molar-refractivity contribution < 1.29 is 0 Å². The lowest BCUT2D eigenvalue weighted by atomic mass is 9.89. The summed E-state index contributed by atoms with van der Waals surface area (Å²) in [4.78, 5) is 0. The van der Waals surface area contributed by atoms with Crippen molar-refractivity contribution in [3.05, 3.63) is 46.5 Å². The highest BCUT2D eigenvalue weighted by Gasteiger charge is 2.19. The molecule has 1 saturated carbocycles. The molecule has 18 heavy (non-hydrogen) atoms. The van der Waals surface area contributed by atoms with Crippen LogP contribution in [0, 0.1) is 20.8 Å². The van der Waals surface area contributed by atoms with E-state index in [1.54, 1.807) is 5.56 Å². The van der Waals surface area contributed by atoms with Gasteiger partial charge in [-0.2, -0.15) is 0 Å². The van der Waals surface area contributed by atoms with Crippen molar-refractivity contribution in [1.29, 1.82) is 0 Å². The van der Waals surface area contributed by atoms with Gasteiger partial charge in [-0.05, 0) is 67.0 Å². The Bertz CT molecular complexity index is 587. The molecule has 0 bridgehead atoms. The molecule has 94 valence electrons. The number of rotatable bonds is 1. The molecule has 0 atom stereocenters. The zero-order valence-electron chi connectivity index (χ0n) is 11.7. The first-order chi connectivity index (χ1) is 8.65. The van der Waals surface area contributed by atoms with E-state index in [2.05, 4.69) is 45.0 Å². The third-order valence-corrected chi connectivity index (χ3v) is 4.54. The first-order valence-corrected chi connectivity index (χ1v) is 7.16. The fraction of sp³-hybridized carbons (Fsp3) is 0.444. The summed E-state index contributed by atoms with van der Waals surface area (Å²) < 4.78 is 0. The Morgan fingerprint density at radius 2 is 1.50 bits per heavy atom. The normalized spacial score (nSPS) is 16.6.